The lowest BCUT2D eigenvalue weighted by atomic mass is 9.88. The maximum Gasteiger partial charge on any atom is 0.0594 e. The van der Waals surface area contributed by atoms with Crippen LogP contribution < -0.4 is 0 Å². The summed E-state index contributed by atoms with van der Waals surface area (Å²) in [6, 6.07) is 0. The fourth-order valence-electron chi connectivity index (χ4n) is 3.59. The zero-order chi connectivity index (χ0) is 14.4. The van der Waals surface area contributed by atoms with E-state index in [-0.39, 0.29) is 5.54 Å². The second kappa shape index (κ2) is 7.58. The normalized spacial score (nSPS) is 24.1. The molecule has 2 aliphatic rings. The summed E-state index contributed by atoms with van der Waals surface area (Å²) >= 11 is 0. The number of morpholine rings is 1. The molecule has 3 nitrogen and oxygen atoms in total. The zero-order valence-electron chi connectivity index (χ0n) is 13.7. The number of nitrogens with zero attached hydrogens (tertiary/aromatic N) is 2. The van der Waals surface area contributed by atoms with Crippen LogP contribution in [0.15, 0.2) is 11.6 Å². The van der Waals surface area contributed by atoms with E-state index in [0.29, 0.717) is 0 Å². The molecule has 0 aromatic rings. The second-order valence-corrected chi connectivity index (χ2v) is 6.62. The van der Waals surface area contributed by atoms with Crippen molar-refractivity contribution in [3.05, 3.63) is 11.6 Å². The summed E-state index contributed by atoms with van der Waals surface area (Å²) in [6.45, 7) is 14.7. The topological polar surface area (TPSA) is 15.7 Å². The van der Waals surface area contributed by atoms with E-state index in [1.165, 1.54) is 45.3 Å². The summed E-state index contributed by atoms with van der Waals surface area (Å²) in [6.07, 6.45) is 7.75. The Balaban J connectivity index is 1.88. The maximum atomic E-state index is 5.49. The van der Waals surface area contributed by atoms with Gasteiger partial charge in [-0.3, -0.25) is 4.90 Å². The predicted molar refractivity (Wildman–Crippen MR) is 85.1 cm³/mol. The van der Waals surface area contributed by atoms with Crippen molar-refractivity contribution in [1.82, 2.24) is 9.80 Å². The highest BCUT2D eigenvalue weighted by Crippen LogP contribution is 2.28. The first-order chi connectivity index (χ1) is 9.64. The predicted octanol–water partition coefficient (Wildman–Crippen LogP) is 2.92. The van der Waals surface area contributed by atoms with E-state index in [1.54, 1.807) is 5.57 Å². The third-order valence-corrected chi connectivity index (χ3v) is 5.08. The van der Waals surface area contributed by atoms with E-state index in [4.69, 9.17) is 4.74 Å². The summed E-state index contributed by atoms with van der Waals surface area (Å²) in [5.74, 6) is 0. The Morgan fingerprint density at radius 3 is 2.30 bits per heavy atom. The summed E-state index contributed by atoms with van der Waals surface area (Å²) in [5.41, 5.74) is 1.76. The molecule has 116 valence electrons. The molecule has 2 heterocycles. The number of rotatable bonds is 5. The van der Waals surface area contributed by atoms with Crippen LogP contribution in [0.5, 0.6) is 0 Å². The SMILES string of the molecule is CC=C(CCN1CCCCC1)C(C)(C)N1CCOCC1. The summed E-state index contributed by atoms with van der Waals surface area (Å²) in [7, 11) is 0. The van der Waals surface area contributed by atoms with Gasteiger partial charge in [0.2, 0.25) is 0 Å². The van der Waals surface area contributed by atoms with E-state index >= 15 is 0 Å². The van der Waals surface area contributed by atoms with Gasteiger partial charge in [0, 0.05) is 25.2 Å². The van der Waals surface area contributed by atoms with Crippen molar-refractivity contribution in [2.45, 2.75) is 52.0 Å². The van der Waals surface area contributed by atoms with Gasteiger partial charge in [-0.2, -0.15) is 0 Å². The lowest BCUT2D eigenvalue weighted by Crippen LogP contribution is -2.51. The van der Waals surface area contributed by atoms with Crippen LogP contribution in [-0.4, -0.2) is 61.3 Å². The van der Waals surface area contributed by atoms with Crippen molar-refractivity contribution < 1.29 is 4.74 Å². The summed E-state index contributed by atoms with van der Waals surface area (Å²) in [5, 5.41) is 0. The molecule has 2 aliphatic heterocycles. The molecule has 0 N–H and O–H groups in total. The molecular formula is C17H32N2O. The van der Waals surface area contributed by atoms with Gasteiger partial charge in [-0.15, -0.1) is 0 Å². The highest BCUT2D eigenvalue weighted by atomic mass is 16.5. The Hall–Kier alpha value is -0.380. The molecule has 0 atom stereocenters. The third-order valence-electron chi connectivity index (χ3n) is 5.08. The molecule has 0 aliphatic carbocycles. The minimum Gasteiger partial charge on any atom is -0.379 e. The van der Waals surface area contributed by atoms with Crippen molar-refractivity contribution >= 4 is 0 Å². The number of hydrogen-bond donors (Lipinski definition) is 0. The van der Waals surface area contributed by atoms with Crippen molar-refractivity contribution in [3.8, 4) is 0 Å². The van der Waals surface area contributed by atoms with Gasteiger partial charge in [-0.1, -0.05) is 18.1 Å². The quantitative estimate of drug-likeness (QED) is 0.720. The fourth-order valence-corrected chi connectivity index (χ4v) is 3.59. The number of hydrogen-bond acceptors (Lipinski definition) is 3. The average molecular weight is 280 g/mol. The molecule has 20 heavy (non-hydrogen) atoms. The van der Waals surface area contributed by atoms with Crippen LogP contribution in [0.3, 0.4) is 0 Å². The van der Waals surface area contributed by atoms with Gasteiger partial charge in [-0.05, 0) is 53.1 Å². The molecule has 0 bridgehead atoms. The summed E-state index contributed by atoms with van der Waals surface area (Å²) in [4.78, 5) is 5.23. The Bertz CT molecular complexity index is 313. The lowest BCUT2D eigenvalue weighted by molar-refractivity contribution is 0.000174. The maximum absolute atomic E-state index is 5.49. The van der Waals surface area contributed by atoms with Crippen molar-refractivity contribution in [2.75, 3.05) is 45.9 Å². The Kier molecular flexibility index (Phi) is 6.06. The first-order valence-electron chi connectivity index (χ1n) is 8.35. The second-order valence-electron chi connectivity index (χ2n) is 6.62. The third kappa shape index (κ3) is 4.06. The molecule has 2 fully saturated rings. The Morgan fingerprint density at radius 2 is 1.70 bits per heavy atom. The fraction of sp³-hybridized carbons (Fsp3) is 0.882. The minimum absolute atomic E-state index is 0.175. The monoisotopic (exact) mass is 280 g/mol. The molecule has 0 radical (unpaired) electrons. The van der Waals surface area contributed by atoms with E-state index in [2.05, 4.69) is 36.6 Å². The molecule has 0 aromatic heterocycles. The summed E-state index contributed by atoms with van der Waals surface area (Å²) < 4.78 is 5.49. The van der Waals surface area contributed by atoms with Crippen LogP contribution >= 0.6 is 0 Å². The lowest BCUT2D eigenvalue weighted by Gasteiger charge is -2.43. The molecule has 0 spiro atoms. The van der Waals surface area contributed by atoms with Crippen LogP contribution in [0, 0.1) is 0 Å². The zero-order valence-corrected chi connectivity index (χ0v) is 13.7. The smallest absolute Gasteiger partial charge is 0.0594 e. The van der Waals surface area contributed by atoms with Crippen LogP contribution in [0.1, 0.15) is 46.5 Å². The van der Waals surface area contributed by atoms with Gasteiger partial charge in [0.15, 0.2) is 0 Å². The van der Waals surface area contributed by atoms with E-state index < -0.39 is 0 Å². The molecular weight excluding hydrogens is 248 g/mol. The van der Waals surface area contributed by atoms with Gasteiger partial charge in [0.25, 0.3) is 0 Å². The van der Waals surface area contributed by atoms with Gasteiger partial charge in [-0.25, -0.2) is 0 Å². The molecule has 0 saturated carbocycles. The van der Waals surface area contributed by atoms with Crippen molar-refractivity contribution in [3.63, 3.8) is 0 Å². The Morgan fingerprint density at radius 1 is 1.05 bits per heavy atom. The first-order valence-corrected chi connectivity index (χ1v) is 8.35. The van der Waals surface area contributed by atoms with Gasteiger partial charge in [0.05, 0.1) is 13.2 Å². The molecule has 2 saturated heterocycles. The average Bonchev–Trinajstić information content (AvgIpc) is 2.49. The van der Waals surface area contributed by atoms with Gasteiger partial charge >= 0.3 is 0 Å². The van der Waals surface area contributed by atoms with E-state index in [1.807, 2.05) is 0 Å². The molecule has 2 rings (SSSR count). The van der Waals surface area contributed by atoms with Crippen LogP contribution in [0.2, 0.25) is 0 Å². The highest BCUT2D eigenvalue weighted by molar-refractivity contribution is 5.18. The molecule has 0 unspecified atom stereocenters. The van der Waals surface area contributed by atoms with Gasteiger partial charge < -0.3 is 9.64 Å². The number of likely N-dealkylation sites (tertiary alicyclic amines) is 1. The van der Waals surface area contributed by atoms with Crippen LogP contribution in [-0.2, 0) is 4.74 Å². The van der Waals surface area contributed by atoms with Crippen LogP contribution in [0.4, 0.5) is 0 Å². The standard InChI is InChI=1S/C17H32N2O/c1-4-16(8-11-18-9-6-5-7-10-18)17(2,3)19-12-14-20-15-13-19/h4H,5-15H2,1-3H3. The first kappa shape index (κ1) is 16.0. The van der Waals surface area contributed by atoms with Crippen molar-refractivity contribution in [1.29, 1.82) is 0 Å². The number of piperidine rings is 1. The van der Waals surface area contributed by atoms with E-state index in [9.17, 15) is 0 Å². The number of allylic oxidation sites excluding steroid dienone is 1. The van der Waals surface area contributed by atoms with E-state index in [0.717, 1.165) is 26.3 Å². The van der Waals surface area contributed by atoms with Crippen LogP contribution in [0.25, 0.3) is 0 Å². The number of ether oxygens (including phenoxy) is 1. The molecule has 0 amide bonds. The van der Waals surface area contributed by atoms with Crippen molar-refractivity contribution in [2.24, 2.45) is 0 Å². The minimum atomic E-state index is 0.175. The molecule has 0 aromatic carbocycles. The molecule has 3 heteroatoms. The van der Waals surface area contributed by atoms with Gasteiger partial charge in [0.1, 0.15) is 0 Å². The largest absolute Gasteiger partial charge is 0.379 e. The highest BCUT2D eigenvalue weighted by Gasteiger charge is 2.31. The Labute approximate surface area is 125 Å².